The maximum atomic E-state index is 11.5. The lowest BCUT2D eigenvalue weighted by Crippen LogP contribution is -2.36. The molecule has 5 heteroatoms. The minimum Gasteiger partial charge on any atom is -0.325 e. The molecule has 4 nitrogen and oxygen atoms in total. The highest BCUT2D eigenvalue weighted by molar-refractivity contribution is 7.14. The van der Waals surface area contributed by atoms with E-state index in [1.165, 1.54) is 11.3 Å². The molecule has 3 N–H and O–H groups in total. The lowest BCUT2D eigenvalue weighted by atomic mass is 10.0. The van der Waals surface area contributed by atoms with Crippen LogP contribution in [0.4, 0.5) is 5.00 Å². The van der Waals surface area contributed by atoms with Gasteiger partial charge in [0.15, 0.2) is 0 Å². The van der Waals surface area contributed by atoms with E-state index < -0.39 is 5.54 Å². The number of thiophene rings is 1. The van der Waals surface area contributed by atoms with Crippen molar-refractivity contribution in [2.24, 2.45) is 5.73 Å². The number of carbonyl (C=O) groups excluding carboxylic acids is 1. The number of nitrogens with zero attached hydrogens (tertiary/aromatic N) is 1. The monoisotopic (exact) mass is 223 g/mol. The second-order valence-corrected chi connectivity index (χ2v) is 4.90. The van der Waals surface area contributed by atoms with Crippen LogP contribution in [-0.4, -0.2) is 11.4 Å². The average Bonchev–Trinajstić information content (AvgIpc) is 2.48. The van der Waals surface area contributed by atoms with E-state index in [9.17, 15) is 4.79 Å². The van der Waals surface area contributed by atoms with Crippen molar-refractivity contribution in [2.75, 3.05) is 5.32 Å². The Kier molecular flexibility index (Phi) is 3.45. The molecule has 0 atom stereocenters. The molecule has 0 fully saturated rings. The Bertz CT molecular complexity index is 398. The molecule has 1 amide bonds. The van der Waals surface area contributed by atoms with Gasteiger partial charge in [0, 0.05) is 12.0 Å². The van der Waals surface area contributed by atoms with E-state index in [1.54, 1.807) is 25.3 Å². The van der Waals surface area contributed by atoms with Gasteiger partial charge in [0.05, 0.1) is 5.56 Å². The van der Waals surface area contributed by atoms with E-state index in [-0.39, 0.29) is 12.3 Å². The molecule has 1 rings (SSSR count). The predicted octanol–water partition coefficient (Wildman–Crippen LogP) is 1.69. The molecule has 15 heavy (non-hydrogen) atoms. The number of amides is 1. The second-order valence-electron chi connectivity index (χ2n) is 3.99. The largest absolute Gasteiger partial charge is 0.325 e. The van der Waals surface area contributed by atoms with Crippen LogP contribution < -0.4 is 11.1 Å². The Balaban J connectivity index is 2.64. The van der Waals surface area contributed by atoms with Gasteiger partial charge in [-0.3, -0.25) is 4.79 Å². The van der Waals surface area contributed by atoms with Gasteiger partial charge in [0.2, 0.25) is 5.91 Å². The summed E-state index contributed by atoms with van der Waals surface area (Å²) in [4.78, 5) is 11.5. The van der Waals surface area contributed by atoms with E-state index in [2.05, 4.69) is 5.32 Å². The fraction of sp³-hybridized carbons (Fsp3) is 0.400. The zero-order valence-electron chi connectivity index (χ0n) is 8.70. The standard InChI is InChI=1S/C10H13N3OS/c1-10(2,12)5-8(14)13-9-7(6-11)3-4-15-9/h3-4H,5,12H2,1-2H3,(H,13,14). The van der Waals surface area contributed by atoms with Crippen molar-refractivity contribution in [1.82, 2.24) is 0 Å². The summed E-state index contributed by atoms with van der Waals surface area (Å²) in [5, 5.41) is 13.8. The van der Waals surface area contributed by atoms with E-state index >= 15 is 0 Å². The average molecular weight is 223 g/mol. The molecule has 0 saturated heterocycles. The number of anilines is 1. The van der Waals surface area contributed by atoms with Crippen LogP contribution >= 0.6 is 11.3 Å². The lowest BCUT2D eigenvalue weighted by molar-refractivity contribution is -0.117. The zero-order chi connectivity index (χ0) is 11.5. The molecular weight excluding hydrogens is 210 g/mol. The third-order valence-electron chi connectivity index (χ3n) is 1.65. The molecule has 0 aliphatic carbocycles. The van der Waals surface area contributed by atoms with Crippen molar-refractivity contribution in [1.29, 1.82) is 5.26 Å². The van der Waals surface area contributed by atoms with Crippen LogP contribution in [0.25, 0.3) is 0 Å². The molecule has 0 spiro atoms. The summed E-state index contributed by atoms with van der Waals surface area (Å²) in [5.41, 5.74) is 5.67. The Hall–Kier alpha value is -1.38. The number of nitrogens with one attached hydrogen (secondary N) is 1. The lowest BCUT2D eigenvalue weighted by Gasteiger charge is -2.17. The van der Waals surface area contributed by atoms with Crippen molar-refractivity contribution in [3.8, 4) is 6.07 Å². The first kappa shape index (κ1) is 11.7. The Labute approximate surface area is 92.7 Å². The van der Waals surface area contributed by atoms with Gasteiger partial charge in [-0.05, 0) is 25.3 Å². The van der Waals surface area contributed by atoms with Gasteiger partial charge in [-0.1, -0.05) is 0 Å². The number of nitriles is 1. The molecule has 0 aromatic carbocycles. The second kappa shape index (κ2) is 4.43. The Morgan fingerprint density at radius 1 is 1.73 bits per heavy atom. The van der Waals surface area contributed by atoms with Gasteiger partial charge < -0.3 is 11.1 Å². The number of hydrogen-bond acceptors (Lipinski definition) is 4. The highest BCUT2D eigenvalue weighted by atomic mass is 32.1. The maximum absolute atomic E-state index is 11.5. The molecule has 0 bridgehead atoms. The number of hydrogen-bond donors (Lipinski definition) is 2. The smallest absolute Gasteiger partial charge is 0.226 e. The van der Waals surface area contributed by atoms with Gasteiger partial charge >= 0.3 is 0 Å². The van der Waals surface area contributed by atoms with E-state index in [4.69, 9.17) is 11.0 Å². The third kappa shape index (κ3) is 3.70. The molecule has 0 unspecified atom stereocenters. The first-order valence-corrected chi connectivity index (χ1v) is 5.37. The quantitative estimate of drug-likeness (QED) is 0.818. The molecule has 1 aromatic heterocycles. The molecule has 80 valence electrons. The normalized spacial score (nSPS) is 10.8. The van der Waals surface area contributed by atoms with Gasteiger partial charge in [-0.25, -0.2) is 0 Å². The first-order chi connectivity index (χ1) is 6.92. The van der Waals surface area contributed by atoms with Crippen LogP contribution in [0.1, 0.15) is 25.8 Å². The Morgan fingerprint density at radius 3 is 2.93 bits per heavy atom. The summed E-state index contributed by atoms with van der Waals surface area (Å²) < 4.78 is 0. The summed E-state index contributed by atoms with van der Waals surface area (Å²) in [5.74, 6) is -0.165. The highest BCUT2D eigenvalue weighted by Crippen LogP contribution is 2.22. The van der Waals surface area contributed by atoms with Crippen LogP contribution in [-0.2, 0) is 4.79 Å². The number of nitrogens with two attached hydrogens (primary N) is 1. The number of carbonyl (C=O) groups is 1. The van der Waals surface area contributed by atoms with Crippen LogP contribution in [0.2, 0.25) is 0 Å². The van der Waals surface area contributed by atoms with Crippen molar-refractivity contribution in [3.05, 3.63) is 17.0 Å². The van der Waals surface area contributed by atoms with Crippen molar-refractivity contribution < 1.29 is 4.79 Å². The van der Waals surface area contributed by atoms with Crippen LogP contribution in [0.3, 0.4) is 0 Å². The molecule has 0 aliphatic heterocycles. The number of rotatable bonds is 3. The van der Waals surface area contributed by atoms with Gasteiger partial charge in [0.25, 0.3) is 0 Å². The highest BCUT2D eigenvalue weighted by Gasteiger charge is 2.17. The molecule has 0 radical (unpaired) electrons. The van der Waals surface area contributed by atoms with Crippen LogP contribution in [0, 0.1) is 11.3 Å². The SMILES string of the molecule is CC(C)(N)CC(=O)Nc1sccc1C#N. The fourth-order valence-electron chi connectivity index (χ4n) is 1.08. The van der Waals surface area contributed by atoms with Crippen molar-refractivity contribution >= 4 is 22.2 Å². The van der Waals surface area contributed by atoms with E-state index in [0.717, 1.165) is 0 Å². The molecule has 1 heterocycles. The van der Waals surface area contributed by atoms with E-state index in [0.29, 0.717) is 10.6 Å². The molecule has 0 saturated carbocycles. The summed E-state index contributed by atoms with van der Waals surface area (Å²) >= 11 is 1.33. The van der Waals surface area contributed by atoms with Gasteiger partial charge in [-0.15, -0.1) is 11.3 Å². The van der Waals surface area contributed by atoms with Crippen molar-refractivity contribution in [3.63, 3.8) is 0 Å². The molecule has 0 aliphatic rings. The van der Waals surface area contributed by atoms with Gasteiger partial charge in [-0.2, -0.15) is 5.26 Å². The van der Waals surface area contributed by atoms with Crippen molar-refractivity contribution in [2.45, 2.75) is 25.8 Å². The van der Waals surface area contributed by atoms with Crippen LogP contribution in [0.15, 0.2) is 11.4 Å². The topological polar surface area (TPSA) is 78.9 Å². The fourth-order valence-corrected chi connectivity index (χ4v) is 1.83. The van der Waals surface area contributed by atoms with Crippen LogP contribution in [0.5, 0.6) is 0 Å². The first-order valence-electron chi connectivity index (χ1n) is 4.49. The summed E-state index contributed by atoms with van der Waals surface area (Å²) in [6.45, 7) is 3.57. The minimum absolute atomic E-state index is 0.165. The van der Waals surface area contributed by atoms with Gasteiger partial charge in [0.1, 0.15) is 11.1 Å². The third-order valence-corrected chi connectivity index (χ3v) is 2.48. The molecular formula is C10H13N3OS. The minimum atomic E-state index is -0.534. The summed E-state index contributed by atoms with van der Waals surface area (Å²) in [7, 11) is 0. The summed E-state index contributed by atoms with van der Waals surface area (Å²) in [6.07, 6.45) is 0.232. The van der Waals surface area contributed by atoms with E-state index in [1.807, 2.05) is 6.07 Å². The predicted molar refractivity (Wildman–Crippen MR) is 60.5 cm³/mol. The zero-order valence-corrected chi connectivity index (χ0v) is 9.52. The summed E-state index contributed by atoms with van der Waals surface area (Å²) in [6, 6.07) is 3.68. The molecule has 1 aromatic rings. The Morgan fingerprint density at radius 2 is 2.40 bits per heavy atom. The maximum Gasteiger partial charge on any atom is 0.226 e.